The summed E-state index contributed by atoms with van der Waals surface area (Å²) in [7, 11) is 0. The van der Waals surface area contributed by atoms with Crippen LogP contribution in [0.4, 0.5) is 0 Å². The third-order valence-corrected chi connectivity index (χ3v) is 12.9. The highest BCUT2D eigenvalue weighted by Gasteiger charge is 2.64. The van der Waals surface area contributed by atoms with Gasteiger partial charge in [0.2, 0.25) is 17.7 Å². The van der Waals surface area contributed by atoms with Crippen molar-refractivity contribution in [2.45, 2.75) is 143 Å². The number of rotatable bonds is 18. The Hall–Kier alpha value is -5.43. The van der Waals surface area contributed by atoms with E-state index in [4.69, 9.17) is 21.6 Å². The molecular formula is C50H63ClN6O6. The first-order valence-electron chi connectivity index (χ1n) is 22.1. The van der Waals surface area contributed by atoms with Crippen LogP contribution in [-0.2, 0) is 27.3 Å². The van der Waals surface area contributed by atoms with E-state index >= 15 is 0 Å². The molecule has 0 radical (unpaired) electrons. The summed E-state index contributed by atoms with van der Waals surface area (Å²) in [6.45, 7) is 14.2. The Balaban J connectivity index is 0.991. The van der Waals surface area contributed by atoms with Gasteiger partial charge in [-0.2, -0.15) is 10.5 Å². The number of nitrogens with one attached hydrogen (secondary N) is 3. The van der Waals surface area contributed by atoms with E-state index in [1.165, 1.54) is 10.5 Å². The van der Waals surface area contributed by atoms with Crippen molar-refractivity contribution in [2.24, 2.45) is 16.2 Å². The molecule has 0 bridgehead atoms. The summed E-state index contributed by atoms with van der Waals surface area (Å²) in [4.78, 5) is 55.0. The number of hydrogen-bond acceptors (Lipinski definition) is 8. The molecule has 4 amide bonds. The topological polar surface area (TPSA) is 185 Å². The Morgan fingerprint density at radius 1 is 0.873 bits per heavy atom. The van der Waals surface area contributed by atoms with Crippen LogP contribution in [0.5, 0.6) is 5.75 Å². The number of benzene rings is 3. The lowest BCUT2D eigenvalue weighted by Gasteiger charge is -2.63. The minimum absolute atomic E-state index is 0.00857. The molecule has 1 aliphatic carbocycles. The standard InChI is InChI=1S/C50H63ClN6O6/c1-48(2,3)42(45(62)57-31-37(58)26-40(57)44(61)54-30-34-18-16-33(28-52)17-19-34)55-41(59)15-13-11-9-8-10-12-14-32-20-22-35(23-21-32)43(60)56-46-49(4,5)47(50(46,6)7)63-38-25-24-36(29-53)39(51)27-38/h16-25,27,37,40,42,46-47,58H,8-15,26,30-31H2,1-7H3,(H,54,61)(H,55,59)(H,56,60)/t37-,40+,42-,46?,47?/m1/s1. The smallest absolute Gasteiger partial charge is 0.251 e. The summed E-state index contributed by atoms with van der Waals surface area (Å²) in [5.41, 5.74) is 2.14. The van der Waals surface area contributed by atoms with Crippen molar-refractivity contribution in [3.8, 4) is 17.9 Å². The molecule has 3 aromatic carbocycles. The van der Waals surface area contributed by atoms with Gasteiger partial charge in [-0.05, 0) is 72.2 Å². The van der Waals surface area contributed by atoms with Gasteiger partial charge in [-0.15, -0.1) is 0 Å². The molecule has 336 valence electrons. The van der Waals surface area contributed by atoms with Crippen molar-refractivity contribution in [3.63, 3.8) is 0 Å². The van der Waals surface area contributed by atoms with Gasteiger partial charge in [0.05, 0.1) is 28.3 Å². The van der Waals surface area contributed by atoms with Crippen LogP contribution in [0.25, 0.3) is 0 Å². The lowest BCUT2D eigenvalue weighted by atomic mass is 9.49. The maximum absolute atomic E-state index is 13.9. The van der Waals surface area contributed by atoms with Crippen LogP contribution in [0.1, 0.15) is 132 Å². The average molecular weight is 880 g/mol. The van der Waals surface area contributed by atoms with Crippen molar-refractivity contribution in [1.29, 1.82) is 10.5 Å². The maximum atomic E-state index is 13.9. The van der Waals surface area contributed by atoms with E-state index in [2.05, 4.69) is 55.8 Å². The molecule has 0 unspecified atom stereocenters. The first-order chi connectivity index (χ1) is 29.8. The highest BCUT2D eigenvalue weighted by Crippen LogP contribution is 2.55. The van der Waals surface area contributed by atoms with Crippen molar-refractivity contribution >= 4 is 35.2 Å². The highest BCUT2D eigenvalue weighted by atomic mass is 35.5. The molecule has 1 heterocycles. The molecule has 2 fully saturated rings. The maximum Gasteiger partial charge on any atom is 0.251 e. The molecule has 12 nitrogen and oxygen atoms in total. The summed E-state index contributed by atoms with van der Waals surface area (Å²) in [5.74, 6) is -0.523. The number of amides is 4. The quantitative estimate of drug-likeness (QED) is 0.0934. The third-order valence-electron chi connectivity index (χ3n) is 12.6. The minimum Gasteiger partial charge on any atom is -0.489 e. The van der Waals surface area contributed by atoms with Gasteiger partial charge in [0.1, 0.15) is 30.0 Å². The zero-order chi connectivity index (χ0) is 46.1. The number of aryl methyl sites for hydroxylation is 1. The predicted octanol–water partition coefficient (Wildman–Crippen LogP) is 7.78. The van der Waals surface area contributed by atoms with Gasteiger partial charge in [0.25, 0.3) is 5.91 Å². The van der Waals surface area contributed by atoms with Crippen molar-refractivity contribution < 1.29 is 29.0 Å². The second-order valence-corrected chi connectivity index (χ2v) is 19.8. The second-order valence-electron chi connectivity index (χ2n) is 19.4. The van der Waals surface area contributed by atoms with E-state index in [-0.39, 0.29) is 72.5 Å². The zero-order valence-electron chi connectivity index (χ0n) is 37.7. The monoisotopic (exact) mass is 878 g/mol. The number of likely N-dealkylation sites (tertiary alicyclic amines) is 1. The van der Waals surface area contributed by atoms with Crippen LogP contribution in [-0.4, -0.2) is 70.5 Å². The molecule has 0 aromatic heterocycles. The van der Waals surface area contributed by atoms with Gasteiger partial charge in [-0.1, -0.05) is 110 Å². The second kappa shape index (κ2) is 20.8. The molecule has 1 aliphatic heterocycles. The Bertz CT molecular complexity index is 2170. The number of β-amino-alcohol motifs (C(OH)–C–C–N with tert-alkyl or cyclic N) is 1. The van der Waals surface area contributed by atoms with E-state index in [9.17, 15) is 29.5 Å². The van der Waals surface area contributed by atoms with Crippen molar-refractivity contribution in [1.82, 2.24) is 20.9 Å². The fraction of sp³-hybridized carbons (Fsp3) is 0.520. The van der Waals surface area contributed by atoms with Gasteiger partial charge in [-0.25, -0.2) is 0 Å². The van der Waals surface area contributed by atoms with Gasteiger partial charge < -0.3 is 30.7 Å². The van der Waals surface area contributed by atoms with Gasteiger partial charge in [0, 0.05) is 54.4 Å². The fourth-order valence-electron chi connectivity index (χ4n) is 9.31. The first kappa shape index (κ1) is 48.6. The van der Waals surface area contributed by atoms with Gasteiger partial charge in [-0.3, -0.25) is 19.2 Å². The number of unbranched alkanes of at least 4 members (excludes halogenated alkanes) is 5. The lowest BCUT2D eigenvalue weighted by Crippen LogP contribution is -2.74. The number of hydrogen-bond donors (Lipinski definition) is 4. The van der Waals surface area contributed by atoms with Gasteiger partial charge in [0.15, 0.2) is 0 Å². The molecule has 5 rings (SSSR count). The first-order valence-corrected chi connectivity index (χ1v) is 22.4. The molecule has 0 spiro atoms. The number of halogens is 1. The number of aliphatic hydroxyl groups excluding tert-OH is 1. The third kappa shape index (κ3) is 12.2. The number of nitrogens with zero attached hydrogens (tertiary/aromatic N) is 3. The molecule has 63 heavy (non-hydrogen) atoms. The summed E-state index contributed by atoms with van der Waals surface area (Å²) >= 11 is 6.24. The highest BCUT2D eigenvalue weighted by molar-refractivity contribution is 6.31. The summed E-state index contributed by atoms with van der Waals surface area (Å²) in [6, 6.07) is 22.0. The molecule has 13 heteroatoms. The number of nitriles is 2. The van der Waals surface area contributed by atoms with E-state index in [1.54, 1.807) is 42.5 Å². The van der Waals surface area contributed by atoms with Crippen LogP contribution in [0.3, 0.4) is 0 Å². The minimum atomic E-state index is -0.870. The molecule has 2 aliphatic rings. The van der Waals surface area contributed by atoms with Crippen LogP contribution in [0.15, 0.2) is 66.7 Å². The van der Waals surface area contributed by atoms with E-state index in [1.807, 2.05) is 45.0 Å². The van der Waals surface area contributed by atoms with Crippen LogP contribution < -0.4 is 20.7 Å². The van der Waals surface area contributed by atoms with Crippen LogP contribution in [0, 0.1) is 38.9 Å². The Labute approximate surface area is 377 Å². The van der Waals surface area contributed by atoms with E-state index in [0.717, 1.165) is 44.1 Å². The largest absolute Gasteiger partial charge is 0.489 e. The van der Waals surface area contributed by atoms with Gasteiger partial charge >= 0.3 is 0 Å². The fourth-order valence-corrected chi connectivity index (χ4v) is 9.53. The zero-order valence-corrected chi connectivity index (χ0v) is 38.5. The number of carbonyl (C=O) groups is 4. The predicted molar refractivity (Wildman–Crippen MR) is 242 cm³/mol. The van der Waals surface area contributed by atoms with E-state index in [0.29, 0.717) is 33.9 Å². The molecular weight excluding hydrogens is 816 g/mol. The summed E-state index contributed by atoms with van der Waals surface area (Å²) < 4.78 is 6.36. The number of carbonyl (C=O) groups excluding carboxylic acids is 4. The Kier molecular flexibility index (Phi) is 16.1. The van der Waals surface area contributed by atoms with Crippen molar-refractivity contribution in [3.05, 3.63) is 99.6 Å². The molecule has 1 saturated heterocycles. The summed E-state index contributed by atoms with van der Waals surface area (Å²) in [5, 5.41) is 38.1. The summed E-state index contributed by atoms with van der Waals surface area (Å²) in [6.07, 6.45) is 5.91. The SMILES string of the molecule is CC1(C)C(NC(=O)c2ccc(CCCCCCCCC(=O)N[C@H](C(=O)N3C[C@H](O)C[C@H]3C(=O)NCc3ccc(C#N)cc3)C(C)(C)C)cc2)C(C)(C)C1Oc1ccc(C#N)c(Cl)c1. The van der Waals surface area contributed by atoms with Crippen LogP contribution in [0.2, 0.25) is 5.02 Å². The average Bonchev–Trinajstić information content (AvgIpc) is 3.65. The van der Waals surface area contributed by atoms with Crippen LogP contribution >= 0.6 is 11.6 Å². The van der Waals surface area contributed by atoms with Crippen molar-refractivity contribution in [2.75, 3.05) is 6.54 Å². The molecule has 3 aromatic rings. The number of aliphatic hydroxyl groups is 1. The lowest BCUT2D eigenvalue weighted by molar-refractivity contribution is -0.164. The Morgan fingerprint density at radius 3 is 2.10 bits per heavy atom. The van der Waals surface area contributed by atoms with E-state index < -0.39 is 23.6 Å². The molecule has 3 atom stereocenters. The normalized spacial score (nSPS) is 20.3. The number of ether oxygens (including phenoxy) is 1. The molecule has 4 N–H and O–H groups in total. The molecule has 1 saturated carbocycles. The Morgan fingerprint density at radius 2 is 1.49 bits per heavy atom.